The zero-order chi connectivity index (χ0) is 15.7. The lowest BCUT2D eigenvalue weighted by atomic mass is 10.1. The zero-order valence-corrected chi connectivity index (χ0v) is 12.4. The molecule has 2 aromatic heterocycles. The number of hydrogen-bond acceptors (Lipinski definition) is 3. The second-order valence-electron chi connectivity index (χ2n) is 5.19. The summed E-state index contributed by atoms with van der Waals surface area (Å²) in [5, 5.41) is 0.989. The molecule has 5 heteroatoms. The largest absolute Gasteiger partial charge is 0.459 e. The quantitative estimate of drug-likeness (QED) is 0.808. The number of H-pyrrole nitrogens is 1. The fraction of sp³-hybridized carbons (Fsp3) is 0.176. The van der Waals surface area contributed by atoms with Crippen molar-refractivity contribution in [3.8, 4) is 0 Å². The second-order valence-corrected chi connectivity index (χ2v) is 5.19. The Morgan fingerprint density at radius 1 is 1.23 bits per heavy atom. The van der Waals surface area contributed by atoms with Crippen LogP contribution in [0, 0.1) is 0 Å². The molecule has 3 rings (SSSR count). The fourth-order valence-electron chi connectivity index (χ4n) is 2.36. The van der Waals surface area contributed by atoms with Crippen LogP contribution in [-0.4, -0.2) is 22.8 Å². The van der Waals surface area contributed by atoms with E-state index in [1.807, 2.05) is 37.3 Å². The number of fused-ring (bicyclic) bond motifs is 1. The van der Waals surface area contributed by atoms with Gasteiger partial charge in [-0.05, 0) is 31.2 Å². The number of carbonyl (C=O) groups excluding carboxylic acids is 1. The van der Waals surface area contributed by atoms with Crippen molar-refractivity contribution in [2.75, 3.05) is 7.05 Å². The number of aromatic amines is 1. The standard InChI is InChI=1S/C17H16N2O3/c1-11(15-10-12-6-3-4-8-14(12)22-15)19(2)17(21)13-7-5-9-18-16(13)20/h3-11H,1-2H3,(H,18,20)/t11-/m1/s1. The van der Waals surface area contributed by atoms with Crippen molar-refractivity contribution in [2.45, 2.75) is 13.0 Å². The second kappa shape index (κ2) is 5.52. The molecular formula is C17H16N2O3. The molecule has 0 fully saturated rings. The molecule has 0 saturated carbocycles. The van der Waals surface area contributed by atoms with Gasteiger partial charge in [-0.3, -0.25) is 9.59 Å². The van der Waals surface area contributed by atoms with Crippen LogP contribution in [0.2, 0.25) is 0 Å². The van der Waals surface area contributed by atoms with E-state index in [9.17, 15) is 9.59 Å². The average molecular weight is 296 g/mol. The van der Waals surface area contributed by atoms with Crippen LogP contribution in [-0.2, 0) is 0 Å². The number of amides is 1. The Kier molecular flexibility index (Phi) is 3.55. The number of carbonyl (C=O) groups is 1. The Hall–Kier alpha value is -2.82. The van der Waals surface area contributed by atoms with Crippen molar-refractivity contribution >= 4 is 16.9 Å². The fourth-order valence-corrected chi connectivity index (χ4v) is 2.36. The van der Waals surface area contributed by atoms with Gasteiger partial charge in [0.05, 0.1) is 6.04 Å². The minimum Gasteiger partial charge on any atom is -0.459 e. The molecule has 1 amide bonds. The van der Waals surface area contributed by atoms with Gasteiger partial charge in [-0.2, -0.15) is 0 Å². The molecule has 0 unspecified atom stereocenters. The van der Waals surface area contributed by atoms with Gasteiger partial charge in [0.1, 0.15) is 16.9 Å². The minimum absolute atomic E-state index is 0.118. The van der Waals surface area contributed by atoms with Crippen LogP contribution in [0.15, 0.2) is 57.9 Å². The maximum Gasteiger partial charge on any atom is 0.260 e. The lowest BCUT2D eigenvalue weighted by molar-refractivity contribution is 0.0725. The number of furan rings is 1. The Balaban J connectivity index is 1.91. The predicted octanol–water partition coefficient (Wildman–Crippen LogP) is 2.95. The number of aromatic nitrogens is 1. The highest BCUT2D eigenvalue weighted by atomic mass is 16.3. The molecular weight excluding hydrogens is 280 g/mol. The smallest absolute Gasteiger partial charge is 0.260 e. The molecule has 112 valence electrons. The van der Waals surface area contributed by atoms with E-state index in [-0.39, 0.29) is 17.5 Å². The van der Waals surface area contributed by atoms with Gasteiger partial charge in [-0.25, -0.2) is 0 Å². The van der Waals surface area contributed by atoms with Crippen molar-refractivity contribution < 1.29 is 9.21 Å². The highest BCUT2D eigenvalue weighted by Gasteiger charge is 2.23. The number of benzene rings is 1. The predicted molar refractivity (Wildman–Crippen MR) is 83.8 cm³/mol. The van der Waals surface area contributed by atoms with Crippen molar-refractivity contribution in [2.24, 2.45) is 0 Å². The molecule has 22 heavy (non-hydrogen) atoms. The summed E-state index contributed by atoms with van der Waals surface area (Å²) in [6.45, 7) is 1.87. The SMILES string of the molecule is C[C@H](c1cc2ccccc2o1)N(C)C(=O)c1ccc[nH]c1=O. The van der Waals surface area contributed by atoms with Crippen molar-refractivity contribution in [1.29, 1.82) is 0 Å². The van der Waals surface area contributed by atoms with Crippen molar-refractivity contribution in [3.63, 3.8) is 0 Å². The Morgan fingerprint density at radius 3 is 2.73 bits per heavy atom. The summed E-state index contributed by atoms with van der Waals surface area (Å²) < 4.78 is 5.79. The van der Waals surface area contributed by atoms with Gasteiger partial charge < -0.3 is 14.3 Å². The first-order valence-electron chi connectivity index (χ1n) is 7.01. The third kappa shape index (κ3) is 2.41. The highest BCUT2D eigenvalue weighted by molar-refractivity contribution is 5.94. The topological polar surface area (TPSA) is 66.3 Å². The number of pyridine rings is 1. The summed E-state index contributed by atoms with van der Waals surface area (Å²) in [7, 11) is 1.66. The van der Waals surface area contributed by atoms with E-state index in [1.54, 1.807) is 13.1 Å². The van der Waals surface area contributed by atoms with Gasteiger partial charge in [0, 0.05) is 18.6 Å². The third-order valence-electron chi connectivity index (χ3n) is 3.81. The Bertz CT molecular complexity index is 845. The van der Waals surface area contributed by atoms with Crippen molar-refractivity contribution in [1.82, 2.24) is 9.88 Å². The molecule has 0 saturated heterocycles. The molecule has 0 aliphatic rings. The Labute approximate surface area is 127 Å². The van der Waals surface area contributed by atoms with E-state index in [2.05, 4.69) is 4.98 Å². The first-order chi connectivity index (χ1) is 10.6. The third-order valence-corrected chi connectivity index (χ3v) is 3.81. The molecule has 3 aromatic rings. The van der Waals surface area contributed by atoms with E-state index in [1.165, 1.54) is 17.2 Å². The molecule has 1 aromatic carbocycles. The van der Waals surface area contributed by atoms with Crippen molar-refractivity contribution in [3.05, 3.63) is 70.3 Å². The van der Waals surface area contributed by atoms with Crippen LogP contribution in [0.4, 0.5) is 0 Å². The van der Waals surface area contributed by atoms with Gasteiger partial charge >= 0.3 is 0 Å². The number of hydrogen-bond donors (Lipinski definition) is 1. The summed E-state index contributed by atoms with van der Waals surface area (Å²) >= 11 is 0. The minimum atomic E-state index is -0.392. The first-order valence-corrected chi connectivity index (χ1v) is 7.01. The average Bonchev–Trinajstić information content (AvgIpc) is 2.97. The first kappa shape index (κ1) is 14.1. The summed E-state index contributed by atoms with van der Waals surface area (Å²) in [6.07, 6.45) is 1.50. The summed E-state index contributed by atoms with van der Waals surface area (Å²) in [6, 6.07) is 12.5. The number of nitrogens with zero attached hydrogens (tertiary/aromatic N) is 1. The number of rotatable bonds is 3. The van der Waals surface area contributed by atoms with Crippen LogP contribution >= 0.6 is 0 Å². The normalized spacial score (nSPS) is 12.3. The molecule has 1 N–H and O–H groups in total. The lowest BCUT2D eigenvalue weighted by Gasteiger charge is -2.22. The van der Waals surface area contributed by atoms with E-state index in [0.29, 0.717) is 5.76 Å². The molecule has 5 nitrogen and oxygen atoms in total. The molecule has 0 aliphatic carbocycles. The lowest BCUT2D eigenvalue weighted by Crippen LogP contribution is -2.33. The van der Waals surface area contributed by atoms with Gasteiger partial charge in [-0.1, -0.05) is 18.2 Å². The molecule has 0 bridgehead atoms. The molecule has 0 aliphatic heterocycles. The number of nitrogens with one attached hydrogen (secondary N) is 1. The van der Waals surface area contributed by atoms with E-state index < -0.39 is 5.56 Å². The van der Waals surface area contributed by atoms with Crippen LogP contribution in [0.25, 0.3) is 11.0 Å². The van der Waals surface area contributed by atoms with Gasteiger partial charge in [0.25, 0.3) is 11.5 Å². The maximum absolute atomic E-state index is 12.5. The Morgan fingerprint density at radius 2 is 2.00 bits per heavy atom. The molecule has 1 atom stereocenters. The van der Waals surface area contributed by atoms with Crippen LogP contribution < -0.4 is 5.56 Å². The van der Waals surface area contributed by atoms with Crippen LogP contribution in [0.5, 0.6) is 0 Å². The van der Waals surface area contributed by atoms with Gasteiger partial charge in [0.15, 0.2) is 0 Å². The van der Waals surface area contributed by atoms with Crippen LogP contribution in [0.3, 0.4) is 0 Å². The molecule has 0 spiro atoms. The zero-order valence-electron chi connectivity index (χ0n) is 12.4. The number of para-hydroxylation sites is 1. The molecule has 0 radical (unpaired) electrons. The van der Waals surface area contributed by atoms with E-state index in [4.69, 9.17) is 4.42 Å². The summed E-state index contributed by atoms with van der Waals surface area (Å²) in [4.78, 5) is 28.2. The van der Waals surface area contributed by atoms with E-state index >= 15 is 0 Å². The highest BCUT2D eigenvalue weighted by Crippen LogP contribution is 2.27. The monoisotopic (exact) mass is 296 g/mol. The van der Waals surface area contributed by atoms with E-state index in [0.717, 1.165) is 11.0 Å². The summed E-state index contributed by atoms with van der Waals surface area (Å²) in [5.41, 5.74) is 0.506. The van der Waals surface area contributed by atoms with Gasteiger partial charge in [-0.15, -0.1) is 0 Å². The van der Waals surface area contributed by atoms with Crippen LogP contribution in [0.1, 0.15) is 29.1 Å². The summed E-state index contributed by atoms with van der Waals surface area (Å²) in [5.74, 6) is 0.346. The van der Waals surface area contributed by atoms with Gasteiger partial charge in [0.2, 0.25) is 0 Å². The maximum atomic E-state index is 12.5. The molecule has 2 heterocycles.